The summed E-state index contributed by atoms with van der Waals surface area (Å²) in [6.07, 6.45) is 0. The Hall–Kier alpha value is -2.79. The molecule has 0 atom stereocenters. The average Bonchev–Trinajstić information content (AvgIpc) is 2.89. The van der Waals surface area contributed by atoms with Crippen molar-refractivity contribution < 1.29 is 9.53 Å². The van der Waals surface area contributed by atoms with Gasteiger partial charge in [-0.05, 0) is 49.7 Å². The van der Waals surface area contributed by atoms with E-state index in [0.29, 0.717) is 22.9 Å². The van der Waals surface area contributed by atoms with Crippen LogP contribution in [-0.2, 0) is 6.54 Å². The molecular formula is C20H20ClN3O2. The molecule has 0 aliphatic carbocycles. The van der Waals surface area contributed by atoms with Crippen molar-refractivity contribution in [2.24, 2.45) is 0 Å². The number of carbonyl (C=O) groups excluding carboxylic acids is 1. The van der Waals surface area contributed by atoms with Crippen LogP contribution in [0.1, 0.15) is 27.3 Å². The molecule has 6 heteroatoms. The highest BCUT2D eigenvalue weighted by atomic mass is 35.5. The minimum atomic E-state index is -0.197. The number of benzene rings is 2. The van der Waals surface area contributed by atoms with E-state index in [-0.39, 0.29) is 5.91 Å². The normalized spacial score (nSPS) is 10.6. The molecule has 1 amide bonds. The fraction of sp³-hybridized carbons (Fsp3) is 0.200. The zero-order chi connectivity index (χ0) is 18.7. The lowest BCUT2D eigenvalue weighted by molar-refractivity contribution is 0.102. The van der Waals surface area contributed by atoms with E-state index in [4.69, 9.17) is 16.3 Å². The number of amides is 1. The molecular weight excluding hydrogens is 350 g/mol. The number of halogens is 1. The maximum absolute atomic E-state index is 12.6. The minimum Gasteiger partial charge on any atom is -0.497 e. The van der Waals surface area contributed by atoms with Crippen molar-refractivity contribution >= 4 is 23.2 Å². The number of anilines is 1. The van der Waals surface area contributed by atoms with Crippen molar-refractivity contribution in [3.63, 3.8) is 0 Å². The number of hydrogen-bond donors (Lipinski definition) is 1. The van der Waals surface area contributed by atoms with Crippen LogP contribution in [0, 0.1) is 13.8 Å². The Morgan fingerprint density at radius 2 is 1.96 bits per heavy atom. The van der Waals surface area contributed by atoms with E-state index in [9.17, 15) is 4.79 Å². The molecule has 0 aliphatic heterocycles. The molecule has 0 saturated carbocycles. The SMILES string of the molecule is COc1cccc(C(=O)Nc2c(C)nn(Cc3cccc(Cl)c3)c2C)c1. The minimum absolute atomic E-state index is 0.197. The van der Waals surface area contributed by atoms with Gasteiger partial charge in [-0.1, -0.05) is 29.8 Å². The summed E-state index contributed by atoms with van der Waals surface area (Å²) >= 11 is 6.05. The van der Waals surface area contributed by atoms with Crippen molar-refractivity contribution in [2.45, 2.75) is 20.4 Å². The summed E-state index contributed by atoms with van der Waals surface area (Å²) in [6, 6.07) is 14.7. The predicted molar refractivity (Wildman–Crippen MR) is 103 cm³/mol. The van der Waals surface area contributed by atoms with E-state index in [1.165, 1.54) is 0 Å². The summed E-state index contributed by atoms with van der Waals surface area (Å²) in [5, 5.41) is 8.20. The topological polar surface area (TPSA) is 56.1 Å². The number of aryl methyl sites for hydroxylation is 1. The first kappa shape index (κ1) is 18.0. The van der Waals surface area contributed by atoms with E-state index >= 15 is 0 Å². The van der Waals surface area contributed by atoms with Gasteiger partial charge in [0.25, 0.3) is 5.91 Å². The lowest BCUT2D eigenvalue weighted by Crippen LogP contribution is -2.13. The largest absolute Gasteiger partial charge is 0.497 e. The summed E-state index contributed by atoms with van der Waals surface area (Å²) in [7, 11) is 1.57. The van der Waals surface area contributed by atoms with Crippen LogP contribution in [0.3, 0.4) is 0 Å². The second-order valence-electron chi connectivity index (χ2n) is 6.02. The second kappa shape index (κ2) is 7.62. The molecule has 1 aromatic heterocycles. The summed E-state index contributed by atoms with van der Waals surface area (Å²) in [6.45, 7) is 4.40. The standard InChI is InChI=1S/C20H20ClN3O2/c1-13-19(22-20(25)16-7-5-9-18(11-16)26-3)14(2)24(23-13)12-15-6-4-8-17(21)10-15/h4-11H,12H2,1-3H3,(H,22,25). The van der Waals surface area contributed by atoms with E-state index < -0.39 is 0 Å². The third kappa shape index (κ3) is 3.89. The van der Waals surface area contributed by atoms with Crippen LogP contribution in [0.15, 0.2) is 48.5 Å². The molecule has 1 heterocycles. The first-order valence-electron chi connectivity index (χ1n) is 8.22. The number of hydrogen-bond acceptors (Lipinski definition) is 3. The van der Waals surface area contributed by atoms with E-state index in [0.717, 1.165) is 22.6 Å². The Morgan fingerprint density at radius 1 is 1.19 bits per heavy atom. The van der Waals surface area contributed by atoms with Crippen molar-refractivity contribution in [3.05, 3.63) is 76.1 Å². The van der Waals surface area contributed by atoms with E-state index in [1.54, 1.807) is 31.4 Å². The van der Waals surface area contributed by atoms with Crippen molar-refractivity contribution in [2.75, 3.05) is 12.4 Å². The fourth-order valence-electron chi connectivity index (χ4n) is 2.79. The van der Waals surface area contributed by atoms with Crippen LogP contribution >= 0.6 is 11.6 Å². The highest BCUT2D eigenvalue weighted by Gasteiger charge is 2.16. The van der Waals surface area contributed by atoms with Crippen molar-refractivity contribution in [1.82, 2.24) is 9.78 Å². The maximum atomic E-state index is 12.6. The van der Waals surface area contributed by atoms with Crippen molar-refractivity contribution in [1.29, 1.82) is 0 Å². The number of methoxy groups -OCH3 is 1. The van der Waals surface area contributed by atoms with Gasteiger partial charge in [0.05, 0.1) is 30.7 Å². The molecule has 0 unspecified atom stereocenters. The van der Waals surface area contributed by atoms with E-state index in [1.807, 2.05) is 42.8 Å². The number of rotatable bonds is 5. The molecule has 0 saturated heterocycles. The number of nitrogens with one attached hydrogen (secondary N) is 1. The first-order chi connectivity index (χ1) is 12.5. The zero-order valence-electron chi connectivity index (χ0n) is 14.9. The molecule has 5 nitrogen and oxygen atoms in total. The van der Waals surface area contributed by atoms with Crippen LogP contribution in [0.5, 0.6) is 5.75 Å². The van der Waals surface area contributed by atoms with E-state index in [2.05, 4.69) is 10.4 Å². The molecule has 0 radical (unpaired) electrons. The lowest BCUT2D eigenvalue weighted by atomic mass is 10.2. The highest BCUT2D eigenvalue weighted by molar-refractivity contribution is 6.30. The molecule has 3 aromatic rings. The Labute approximate surface area is 157 Å². The van der Waals surface area contributed by atoms with Crippen LogP contribution in [0.4, 0.5) is 5.69 Å². The average molecular weight is 370 g/mol. The van der Waals surface area contributed by atoms with Gasteiger partial charge in [0.2, 0.25) is 0 Å². The number of nitrogens with zero attached hydrogens (tertiary/aromatic N) is 2. The van der Waals surface area contributed by atoms with Gasteiger partial charge in [0.1, 0.15) is 5.75 Å². The van der Waals surface area contributed by atoms with Crippen LogP contribution in [-0.4, -0.2) is 22.8 Å². The van der Waals surface area contributed by atoms with Gasteiger partial charge < -0.3 is 10.1 Å². The number of carbonyl (C=O) groups is 1. The molecule has 134 valence electrons. The fourth-order valence-corrected chi connectivity index (χ4v) is 3.00. The number of ether oxygens (including phenoxy) is 1. The summed E-state index contributed by atoms with van der Waals surface area (Å²) in [4.78, 5) is 12.6. The maximum Gasteiger partial charge on any atom is 0.255 e. The van der Waals surface area contributed by atoms with Gasteiger partial charge in [0.15, 0.2) is 0 Å². The molecule has 26 heavy (non-hydrogen) atoms. The Morgan fingerprint density at radius 3 is 2.69 bits per heavy atom. The van der Waals surface area contributed by atoms with Gasteiger partial charge >= 0.3 is 0 Å². The van der Waals surface area contributed by atoms with Gasteiger partial charge in [-0.25, -0.2) is 0 Å². The smallest absolute Gasteiger partial charge is 0.255 e. The summed E-state index contributed by atoms with van der Waals surface area (Å²) in [5.41, 5.74) is 3.96. The Kier molecular flexibility index (Phi) is 5.28. The Bertz CT molecular complexity index is 950. The van der Waals surface area contributed by atoms with Gasteiger partial charge in [-0.2, -0.15) is 5.10 Å². The van der Waals surface area contributed by atoms with Crippen LogP contribution in [0.2, 0.25) is 5.02 Å². The molecule has 3 rings (SSSR count). The summed E-state index contributed by atoms with van der Waals surface area (Å²) in [5.74, 6) is 0.445. The van der Waals surface area contributed by atoms with Gasteiger partial charge in [0, 0.05) is 10.6 Å². The second-order valence-corrected chi connectivity index (χ2v) is 6.46. The van der Waals surface area contributed by atoms with Crippen LogP contribution in [0.25, 0.3) is 0 Å². The lowest BCUT2D eigenvalue weighted by Gasteiger charge is -2.08. The van der Waals surface area contributed by atoms with Crippen molar-refractivity contribution in [3.8, 4) is 5.75 Å². The van der Waals surface area contributed by atoms with Gasteiger partial charge in [-0.15, -0.1) is 0 Å². The molecule has 0 spiro atoms. The molecule has 0 aliphatic rings. The quantitative estimate of drug-likeness (QED) is 0.722. The zero-order valence-corrected chi connectivity index (χ0v) is 15.7. The molecule has 0 bridgehead atoms. The Balaban J connectivity index is 1.82. The first-order valence-corrected chi connectivity index (χ1v) is 8.59. The molecule has 1 N–H and O–H groups in total. The highest BCUT2D eigenvalue weighted by Crippen LogP contribution is 2.22. The number of aromatic nitrogens is 2. The third-order valence-electron chi connectivity index (χ3n) is 4.17. The van der Waals surface area contributed by atoms with Crippen LogP contribution < -0.4 is 10.1 Å². The molecule has 2 aromatic carbocycles. The van der Waals surface area contributed by atoms with Gasteiger partial charge in [-0.3, -0.25) is 9.48 Å². The molecule has 0 fully saturated rings. The monoisotopic (exact) mass is 369 g/mol. The predicted octanol–water partition coefficient (Wildman–Crippen LogP) is 4.46. The summed E-state index contributed by atoms with van der Waals surface area (Å²) < 4.78 is 7.04. The third-order valence-corrected chi connectivity index (χ3v) is 4.41.